The molecule has 3 rings (SSSR count). The smallest absolute Gasteiger partial charge is 0.253 e. The molecule has 0 radical (unpaired) electrons. The van der Waals surface area contributed by atoms with E-state index in [0.29, 0.717) is 25.3 Å². The number of hydrogen-bond acceptors (Lipinski definition) is 3. The highest BCUT2D eigenvalue weighted by molar-refractivity contribution is 7.99. The van der Waals surface area contributed by atoms with Crippen LogP contribution in [0.25, 0.3) is 0 Å². The maximum Gasteiger partial charge on any atom is 0.253 e. The fourth-order valence-electron chi connectivity index (χ4n) is 3.38. The molecule has 28 heavy (non-hydrogen) atoms. The Hall–Kier alpha value is -2.01. The second kappa shape index (κ2) is 10.5. The van der Waals surface area contributed by atoms with Gasteiger partial charge >= 0.3 is 0 Å². The molecule has 5 heteroatoms. The highest BCUT2D eigenvalue weighted by Crippen LogP contribution is 2.35. The van der Waals surface area contributed by atoms with Crippen LogP contribution in [-0.4, -0.2) is 36.3 Å². The van der Waals surface area contributed by atoms with Crippen molar-refractivity contribution < 1.29 is 13.9 Å². The van der Waals surface area contributed by atoms with Gasteiger partial charge in [0.15, 0.2) is 0 Å². The van der Waals surface area contributed by atoms with E-state index in [0.717, 1.165) is 36.3 Å². The van der Waals surface area contributed by atoms with Crippen molar-refractivity contribution in [3.8, 4) is 5.75 Å². The van der Waals surface area contributed by atoms with Crippen molar-refractivity contribution in [3.05, 3.63) is 65.5 Å². The van der Waals surface area contributed by atoms with E-state index < -0.39 is 0 Å². The van der Waals surface area contributed by atoms with Crippen molar-refractivity contribution in [3.63, 3.8) is 0 Å². The summed E-state index contributed by atoms with van der Waals surface area (Å²) < 4.78 is 19.8. The molecule has 0 aliphatic carbocycles. The number of thioether (sulfide) groups is 1. The van der Waals surface area contributed by atoms with E-state index in [1.54, 1.807) is 17.8 Å². The van der Waals surface area contributed by atoms with Gasteiger partial charge in [0.2, 0.25) is 0 Å². The van der Waals surface area contributed by atoms with Crippen LogP contribution in [0, 0.1) is 5.82 Å². The lowest BCUT2D eigenvalue weighted by molar-refractivity contribution is 0.0766. The third kappa shape index (κ3) is 5.51. The molecule has 0 bridgehead atoms. The fourth-order valence-corrected chi connectivity index (χ4v) is 4.63. The SMILES string of the molecule is CCCCCOc1ccc(C(=O)N2CCSC(c3ccccc3F)CC2)cc1. The summed E-state index contributed by atoms with van der Waals surface area (Å²) >= 11 is 1.73. The number of unbranched alkanes of at least 4 members (excludes halogenated alkanes) is 2. The van der Waals surface area contributed by atoms with Crippen molar-refractivity contribution in [2.75, 3.05) is 25.4 Å². The van der Waals surface area contributed by atoms with E-state index >= 15 is 0 Å². The highest BCUT2D eigenvalue weighted by Gasteiger charge is 2.24. The minimum Gasteiger partial charge on any atom is -0.494 e. The standard InChI is InChI=1S/C23H28FNO2S/c1-2-3-6-16-27-19-11-9-18(10-12-19)23(26)25-14-13-22(28-17-15-25)20-7-4-5-8-21(20)24/h4-5,7-12,22H,2-3,6,13-17H2,1H3. The number of rotatable bonds is 7. The molecular formula is C23H28FNO2S. The fraction of sp³-hybridized carbons (Fsp3) is 0.435. The molecule has 0 N–H and O–H groups in total. The Labute approximate surface area is 171 Å². The second-order valence-corrected chi connectivity index (χ2v) is 8.35. The number of halogens is 1. The van der Waals surface area contributed by atoms with Crippen LogP contribution in [0.5, 0.6) is 5.75 Å². The van der Waals surface area contributed by atoms with Gasteiger partial charge in [0, 0.05) is 35.2 Å². The quantitative estimate of drug-likeness (QED) is 0.556. The van der Waals surface area contributed by atoms with Crippen LogP contribution >= 0.6 is 11.8 Å². The van der Waals surface area contributed by atoms with Crippen LogP contribution in [0.2, 0.25) is 0 Å². The third-order valence-electron chi connectivity index (χ3n) is 5.00. The van der Waals surface area contributed by atoms with E-state index in [2.05, 4.69) is 6.92 Å². The first kappa shape index (κ1) is 20.7. The number of carbonyl (C=O) groups is 1. The Morgan fingerprint density at radius 3 is 2.68 bits per heavy atom. The first-order chi connectivity index (χ1) is 13.7. The Morgan fingerprint density at radius 1 is 1.14 bits per heavy atom. The van der Waals surface area contributed by atoms with E-state index in [1.807, 2.05) is 41.3 Å². The van der Waals surface area contributed by atoms with E-state index in [9.17, 15) is 9.18 Å². The predicted octanol–water partition coefficient (Wildman–Crippen LogP) is 5.72. The lowest BCUT2D eigenvalue weighted by Crippen LogP contribution is -2.32. The Bertz CT molecular complexity index is 765. The van der Waals surface area contributed by atoms with Gasteiger partial charge in [0.05, 0.1) is 6.61 Å². The molecular weight excluding hydrogens is 373 g/mol. The Morgan fingerprint density at radius 2 is 1.93 bits per heavy atom. The molecule has 1 amide bonds. The Balaban J connectivity index is 1.56. The maximum absolute atomic E-state index is 14.1. The summed E-state index contributed by atoms with van der Waals surface area (Å²) in [6.45, 7) is 4.20. The molecule has 1 aliphatic rings. The predicted molar refractivity (Wildman–Crippen MR) is 114 cm³/mol. The van der Waals surface area contributed by atoms with Gasteiger partial charge in [0.25, 0.3) is 5.91 Å². The van der Waals surface area contributed by atoms with Gasteiger partial charge in [0.1, 0.15) is 11.6 Å². The minimum atomic E-state index is -0.158. The lowest BCUT2D eigenvalue weighted by Gasteiger charge is -2.20. The van der Waals surface area contributed by atoms with E-state index in [-0.39, 0.29) is 17.0 Å². The van der Waals surface area contributed by atoms with Crippen molar-refractivity contribution >= 4 is 17.7 Å². The van der Waals surface area contributed by atoms with Gasteiger partial charge in [-0.05, 0) is 43.2 Å². The molecule has 0 saturated carbocycles. The summed E-state index contributed by atoms with van der Waals surface area (Å²) in [5.74, 6) is 1.49. The molecule has 1 unspecified atom stereocenters. The van der Waals surface area contributed by atoms with Gasteiger partial charge in [-0.1, -0.05) is 38.0 Å². The summed E-state index contributed by atoms with van der Waals surface area (Å²) in [7, 11) is 0. The molecule has 2 aromatic carbocycles. The van der Waals surface area contributed by atoms with E-state index in [4.69, 9.17) is 4.74 Å². The first-order valence-electron chi connectivity index (χ1n) is 10.1. The number of ether oxygens (including phenoxy) is 1. The molecule has 150 valence electrons. The summed E-state index contributed by atoms with van der Waals surface area (Å²) in [6, 6.07) is 14.4. The third-order valence-corrected chi connectivity index (χ3v) is 6.31. The lowest BCUT2D eigenvalue weighted by atomic mass is 10.1. The van der Waals surface area contributed by atoms with Crippen LogP contribution in [0.1, 0.15) is 53.8 Å². The van der Waals surface area contributed by atoms with Crippen LogP contribution in [0.4, 0.5) is 4.39 Å². The normalized spacial score (nSPS) is 17.2. The van der Waals surface area contributed by atoms with Crippen LogP contribution < -0.4 is 4.74 Å². The minimum absolute atomic E-state index is 0.0346. The number of hydrogen-bond donors (Lipinski definition) is 0. The summed E-state index contributed by atoms with van der Waals surface area (Å²) in [4.78, 5) is 14.8. The molecule has 1 aliphatic heterocycles. The summed E-state index contributed by atoms with van der Waals surface area (Å²) in [5, 5.41) is 0.0953. The van der Waals surface area contributed by atoms with Gasteiger partial charge in [-0.3, -0.25) is 4.79 Å². The first-order valence-corrected chi connectivity index (χ1v) is 11.1. The van der Waals surface area contributed by atoms with Crippen molar-refractivity contribution in [1.82, 2.24) is 4.90 Å². The highest BCUT2D eigenvalue weighted by atomic mass is 32.2. The monoisotopic (exact) mass is 401 g/mol. The van der Waals surface area contributed by atoms with Crippen molar-refractivity contribution in [1.29, 1.82) is 0 Å². The van der Waals surface area contributed by atoms with Gasteiger partial charge in [-0.2, -0.15) is 11.8 Å². The molecule has 1 atom stereocenters. The van der Waals surface area contributed by atoms with E-state index in [1.165, 1.54) is 12.5 Å². The summed E-state index contributed by atoms with van der Waals surface area (Å²) in [6.07, 6.45) is 4.14. The number of nitrogens with zero attached hydrogens (tertiary/aromatic N) is 1. The molecule has 1 saturated heterocycles. The van der Waals surface area contributed by atoms with Gasteiger partial charge in [-0.15, -0.1) is 0 Å². The topological polar surface area (TPSA) is 29.5 Å². The summed E-state index contributed by atoms with van der Waals surface area (Å²) in [5.41, 5.74) is 1.42. The van der Waals surface area contributed by atoms with Gasteiger partial charge in [-0.25, -0.2) is 4.39 Å². The number of benzene rings is 2. The molecule has 1 fully saturated rings. The largest absolute Gasteiger partial charge is 0.494 e. The second-order valence-electron chi connectivity index (χ2n) is 7.04. The zero-order chi connectivity index (χ0) is 19.8. The average molecular weight is 402 g/mol. The molecule has 0 aromatic heterocycles. The van der Waals surface area contributed by atoms with Crippen molar-refractivity contribution in [2.24, 2.45) is 0 Å². The molecule has 0 spiro atoms. The number of amides is 1. The molecule has 3 nitrogen and oxygen atoms in total. The van der Waals surface area contributed by atoms with Crippen molar-refractivity contribution in [2.45, 2.75) is 37.9 Å². The maximum atomic E-state index is 14.1. The Kier molecular flexibility index (Phi) is 7.78. The zero-order valence-corrected chi connectivity index (χ0v) is 17.2. The van der Waals surface area contributed by atoms with Crippen LogP contribution in [0.15, 0.2) is 48.5 Å². The average Bonchev–Trinajstić information content (AvgIpc) is 2.98. The molecule has 2 aromatic rings. The van der Waals surface area contributed by atoms with Gasteiger partial charge < -0.3 is 9.64 Å². The molecule has 1 heterocycles. The van der Waals surface area contributed by atoms with Crippen LogP contribution in [0.3, 0.4) is 0 Å². The number of carbonyl (C=O) groups excluding carboxylic acids is 1. The zero-order valence-electron chi connectivity index (χ0n) is 16.4. The van der Waals surface area contributed by atoms with Crippen LogP contribution in [-0.2, 0) is 0 Å².